The molecule has 0 radical (unpaired) electrons. The van der Waals surface area contributed by atoms with Crippen LogP contribution in [-0.4, -0.2) is 11.5 Å². The van der Waals surface area contributed by atoms with E-state index in [1.165, 1.54) is 6.07 Å². The highest BCUT2D eigenvalue weighted by atomic mass is 32.1. The van der Waals surface area contributed by atoms with Crippen molar-refractivity contribution in [3.63, 3.8) is 0 Å². The van der Waals surface area contributed by atoms with E-state index < -0.39 is 4.92 Å². The quantitative estimate of drug-likeness (QED) is 0.448. The molecule has 0 saturated carbocycles. The molecule has 0 aliphatic heterocycles. The van der Waals surface area contributed by atoms with Gasteiger partial charge in [0.15, 0.2) is 0 Å². The molecule has 0 saturated heterocycles. The Morgan fingerprint density at radius 3 is 3.08 bits per heavy atom. The van der Waals surface area contributed by atoms with Crippen LogP contribution in [0.5, 0.6) is 0 Å². The predicted octanol–water partition coefficient (Wildman–Crippen LogP) is 1.70. The summed E-state index contributed by atoms with van der Waals surface area (Å²) in [6.45, 7) is 2.94. The van der Waals surface area contributed by atoms with Gasteiger partial charge in [-0.2, -0.15) is 5.48 Å². The maximum atomic E-state index is 10.3. The molecule has 0 aromatic carbocycles. The van der Waals surface area contributed by atoms with Crippen LogP contribution in [0.4, 0.5) is 5.00 Å². The van der Waals surface area contributed by atoms with E-state index in [4.69, 9.17) is 4.84 Å². The molecule has 0 aliphatic rings. The lowest BCUT2D eigenvalue weighted by molar-refractivity contribution is -0.380. The van der Waals surface area contributed by atoms with Crippen molar-refractivity contribution >= 4 is 16.3 Å². The van der Waals surface area contributed by atoms with Crippen LogP contribution < -0.4 is 5.48 Å². The maximum absolute atomic E-state index is 10.3. The monoisotopic (exact) mass is 202 g/mol. The highest BCUT2D eigenvalue weighted by Crippen LogP contribution is 2.22. The van der Waals surface area contributed by atoms with Crippen LogP contribution in [-0.2, 0) is 11.4 Å². The Kier molecular flexibility index (Phi) is 3.81. The van der Waals surface area contributed by atoms with Crippen LogP contribution in [0.3, 0.4) is 0 Å². The molecule has 72 valence electrons. The van der Waals surface area contributed by atoms with Crippen LogP contribution in [0.2, 0.25) is 0 Å². The second kappa shape index (κ2) is 4.90. The molecule has 1 aromatic heterocycles. The van der Waals surface area contributed by atoms with E-state index in [9.17, 15) is 10.1 Å². The number of hydrogen-bond acceptors (Lipinski definition) is 5. The summed E-state index contributed by atoms with van der Waals surface area (Å²) in [4.78, 5) is 14.8. The van der Waals surface area contributed by atoms with Crippen molar-refractivity contribution in [3.8, 4) is 0 Å². The number of hydroxylamine groups is 1. The van der Waals surface area contributed by atoms with Gasteiger partial charge in [-0.05, 0) is 12.5 Å². The fourth-order valence-electron chi connectivity index (χ4n) is 0.788. The van der Waals surface area contributed by atoms with Crippen LogP contribution in [0, 0.1) is 10.1 Å². The van der Waals surface area contributed by atoms with Crippen LogP contribution in [0.25, 0.3) is 0 Å². The van der Waals surface area contributed by atoms with Crippen LogP contribution in [0.15, 0.2) is 11.4 Å². The minimum Gasteiger partial charge on any atom is -0.302 e. The molecule has 6 heteroatoms. The van der Waals surface area contributed by atoms with Gasteiger partial charge in [-0.25, -0.2) is 0 Å². The molecule has 5 nitrogen and oxygen atoms in total. The Balaban J connectivity index is 2.44. The van der Waals surface area contributed by atoms with E-state index in [0.29, 0.717) is 13.2 Å². The zero-order valence-corrected chi connectivity index (χ0v) is 7.97. The van der Waals surface area contributed by atoms with Gasteiger partial charge in [-0.3, -0.25) is 10.1 Å². The van der Waals surface area contributed by atoms with Gasteiger partial charge in [-0.15, -0.1) is 0 Å². The molecule has 0 fully saturated rings. The van der Waals surface area contributed by atoms with E-state index in [1.807, 2.05) is 6.92 Å². The average molecular weight is 202 g/mol. The first-order valence-corrected chi connectivity index (χ1v) is 4.68. The highest BCUT2D eigenvalue weighted by Gasteiger charge is 2.08. The average Bonchev–Trinajstić information content (AvgIpc) is 2.53. The molecule has 0 atom stereocenters. The van der Waals surface area contributed by atoms with E-state index >= 15 is 0 Å². The molecule has 0 bridgehead atoms. The largest absolute Gasteiger partial charge is 0.324 e. The van der Waals surface area contributed by atoms with Crippen LogP contribution >= 0.6 is 11.3 Å². The molecular formula is C7H10N2O3S. The Morgan fingerprint density at radius 1 is 1.77 bits per heavy atom. The normalized spacial score (nSPS) is 10.2. The smallest absolute Gasteiger partial charge is 0.302 e. The van der Waals surface area contributed by atoms with Gasteiger partial charge in [0.25, 0.3) is 0 Å². The Morgan fingerprint density at radius 2 is 2.54 bits per heavy atom. The first-order chi connectivity index (χ1) is 6.24. The summed E-state index contributed by atoms with van der Waals surface area (Å²) in [7, 11) is 0. The lowest BCUT2D eigenvalue weighted by atomic mass is 10.3. The summed E-state index contributed by atoms with van der Waals surface area (Å²) in [6, 6.07) is 1.54. The predicted molar refractivity (Wildman–Crippen MR) is 49.4 cm³/mol. The molecule has 0 aliphatic carbocycles. The fourth-order valence-corrected chi connectivity index (χ4v) is 1.52. The zero-order valence-electron chi connectivity index (χ0n) is 7.15. The standard InChI is InChI=1S/C7H10N2O3S/c1-2-12-8-4-6-3-7(9(10)11)13-5-6/h3,5,8H,2,4H2,1H3. The first kappa shape index (κ1) is 10.1. The van der Waals surface area contributed by atoms with Crippen molar-refractivity contribution in [3.05, 3.63) is 27.1 Å². The Hall–Kier alpha value is -0.980. The number of nitrogens with one attached hydrogen (secondary N) is 1. The Bertz CT molecular complexity index is 287. The van der Waals surface area contributed by atoms with Gasteiger partial charge in [-0.1, -0.05) is 11.3 Å². The lowest BCUT2D eigenvalue weighted by Crippen LogP contribution is -2.12. The number of hydrogen-bond donors (Lipinski definition) is 1. The van der Waals surface area contributed by atoms with Gasteiger partial charge < -0.3 is 4.84 Å². The minimum atomic E-state index is -0.394. The fraction of sp³-hybridized carbons (Fsp3) is 0.429. The zero-order chi connectivity index (χ0) is 9.68. The van der Waals surface area contributed by atoms with Crippen LogP contribution in [0.1, 0.15) is 12.5 Å². The third-order valence-electron chi connectivity index (χ3n) is 1.34. The van der Waals surface area contributed by atoms with Crippen molar-refractivity contribution in [1.82, 2.24) is 5.48 Å². The van der Waals surface area contributed by atoms with Gasteiger partial charge in [0.1, 0.15) is 0 Å². The Labute approximate surface area is 79.4 Å². The maximum Gasteiger partial charge on any atom is 0.324 e. The number of nitro groups is 1. The lowest BCUT2D eigenvalue weighted by Gasteiger charge is -1.99. The molecule has 0 spiro atoms. The molecular weight excluding hydrogens is 192 g/mol. The molecule has 13 heavy (non-hydrogen) atoms. The molecule has 1 heterocycles. The topological polar surface area (TPSA) is 64.4 Å². The summed E-state index contributed by atoms with van der Waals surface area (Å²) < 4.78 is 0. The third kappa shape index (κ3) is 3.10. The molecule has 0 unspecified atom stereocenters. The van der Waals surface area contributed by atoms with Crippen molar-refractivity contribution in [1.29, 1.82) is 0 Å². The van der Waals surface area contributed by atoms with Gasteiger partial charge >= 0.3 is 5.00 Å². The second-order valence-electron chi connectivity index (χ2n) is 2.30. The minimum absolute atomic E-state index is 0.160. The summed E-state index contributed by atoms with van der Waals surface area (Å²) in [5.74, 6) is 0. The van der Waals surface area contributed by atoms with E-state index in [1.54, 1.807) is 5.38 Å². The van der Waals surface area contributed by atoms with Gasteiger partial charge in [0.2, 0.25) is 0 Å². The van der Waals surface area contributed by atoms with Crippen molar-refractivity contribution in [2.45, 2.75) is 13.5 Å². The third-order valence-corrected chi connectivity index (χ3v) is 2.27. The molecule has 1 N–H and O–H groups in total. The van der Waals surface area contributed by atoms with E-state index in [0.717, 1.165) is 16.9 Å². The van der Waals surface area contributed by atoms with Crippen molar-refractivity contribution in [2.24, 2.45) is 0 Å². The van der Waals surface area contributed by atoms with Crippen molar-refractivity contribution in [2.75, 3.05) is 6.61 Å². The number of thiophene rings is 1. The second-order valence-corrected chi connectivity index (χ2v) is 3.19. The molecule has 1 rings (SSSR count). The molecule has 0 amide bonds. The van der Waals surface area contributed by atoms with Gasteiger partial charge in [0.05, 0.1) is 11.5 Å². The first-order valence-electron chi connectivity index (χ1n) is 3.80. The van der Waals surface area contributed by atoms with Gasteiger partial charge in [0, 0.05) is 18.0 Å². The van der Waals surface area contributed by atoms with E-state index in [-0.39, 0.29) is 5.00 Å². The summed E-state index contributed by atoms with van der Waals surface area (Å²) in [5.41, 5.74) is 3.55. The number of nitrogens with zero attached hydrogens (tertiary/aromatic N) is 1. The number of rotatable bonds is 5. The summed E-state index contributed by atoms with van der Waals surface area (Å²) in [6.07, 6.45) is 0. The van der Waals surface area contributed by atoms with Crippen molar-refractivity contribution < 1.29 is 9.76 Å². The summed E-state index contributed by atoms with van der Waals surface area (Å²) in [5, 5.41) is 12.2. The summed E-state index contributed by atoms with van der Waals surface area (Å²) >= 11 is 1.12. The van der Waals surface area contributed by atoms with E-state index in [2.05, 4.69) is 5.48 Å². The highest BCUT2D eigenvalue weighted by molar-refractivity contribution is 7.13. The molecule has 1 aromatic rings. The SMILES string of the molecule is CCONCc1csc([N+](=O)[O-])c1.